The maximum atomic E-state index is 14.6. The molecule has 4 rings (SSSR count). The Hall–Kier alpha value is -3.62. The van der Waals surface area contributed by atoms with Crippen molar-refractivity contribution in [2.75, 3.05) is 32.7 Å². The average molecular weight is 609 g/mol. The van der Waals surface area contributed by atoms with Gasteiger partial charge in [-0.05, 0) is 23.8 Å². The summed E-state index contributed by atoms with van der Waals surface area (Å²) in [5.41, 5.74) is 1.17. The second kappa shape index (κ2) is 12.7. The Morgan fingerprint density at radius 2 is 1.80 bits per heavy atom. The molecule has 3 aromatic rings. The van der Waals surface area contributed by atoms with Crippen molar-refractivity contribution >= 4 is 46.6 Å². The van der Waals surface area contributed by atoms with E-state index in [1.54, 1.807) is 11.0 Å². The van der Waals surface area contributed by atoms with Crippen LogP contribution in [0.4, 0.5) is 17.6 Å². The van der Waals surface area contributed by atoms with Gasteiger partial charge in [0.2, 0.25) is 0 Å². The number of carboxylic acid groups (broad SMARTS) is 2. The predicted molar refractivity (Wildman–Crippen MR) is 132 cm³/mol. The van der Waals surface area contributed by atoms with Gasteiger partial charge < -0.3 is 29.8 Å². The number of hydrogen-bond acceptors (Lipinski definition) is 5. The van der Waals surface area contributed by atoms with E-state index < -0.39 is 29.8 Å². The third kappa shape index (κ3) is 7.52. The minimum absolute atomic E-state index is 0.00845. The van der Waals surface area contributed by atoms with E-state index in [9.17, 15) is 31.9 Å². The maximum absolute atomic E-state index is 14.6. The van der Waals surface area contributed by atoms with Crippen LogP contribution in [0.1, 0.15) is 28.0 Å². The number of hydrogen-bond donors (Lipinski definition) is 3. The summed E-state index contributed by atoms with van der Waals surface area (Å²) in [5, 5.41) is 18.2. The molecule has 1 amide bonds. The van der Waals surface area contributed by atoms with Crippen molar-refractivity contribution in [1.82, 2.24) is 14.3 Å². The highest BCUT2D eigenvalue weighted by molar-refractivity contribution is 6.42. The first-order chi connectivity index (χ1) is 18.7. The Labute approximate surface area is 233 Å². The molecule has 1 aromatic carbocycles. The Morgan fingerprint density at radius 1 is 1.12 bits per heavy atom. The molecule has 1 unspecified atom stereocenters. The number of nitrogens with one attached hydrogen (secondary N) is 2. The molecule has 1 aliphatic rings. The van der Waals surface area contributed by atoms with Crippen molar-refractivity contribution < 1.29 is 47.1 Å². The van der Waals surface area contributed by atoms with E-state index in [2.05, 4.69) is 4.98 Å². The van der Waals surface area contributed by atoms with Gasteiger partial charge >= 0.3 is 12.1 Å². The molecule has 1 atom stereocenters. The lowest BCUT2D eigenvalue weighted by atomic mass is 10.0. The molecule has 0 radical (unpaired) electrons. The van der Waals surface area contributed by atoms with Gasteiger partial charge in [-0.2, -0.15) is 13.2 Å². The molecule has 0 aliphatic carbocycles. The molecule has 3 heterocycles. The first-order valence-corrected chi connectivity index (χ1v) is 12.4. The summed E-state index contributed by atoms with van der Waals surface area (Å²) in [6, 6.07) is 5.79. The summed E-state index contributed by atoms with van der Waals surface area (Å²) in [4.78, 5) is 50.0. The number of nitrogens with zero attached hydrogens (tertiary/aromatic N) is 2. The molecule has 0 spiro atoms. The van der Waals surface area contributed by atoms with Crippen molar-refractivity contribution in [1.29, 1.82) is 0 Å². The molecule has 0 bridgehead atoms. The number of fused-ring (bicyclic) bond motifs is 1. The number of aromatic amines is 1. The molecule has 1 fully saturated rings. The summed E-state index contributed by atoms with van der Waals surface area (Å²) in [5.74, 6) is -4.95. The largest absolute Gasteiger partial charge is 0.542 e. The van der Waals surface area contributed by atoms with Crippen LogP contribution >= 0.6 is 23.2 Å². The number of rotatable bonds is 5. The summed E-state index contributed by atoms with van der Waals surface area (Å²) >= 11 is 12.4. The van der Waals surface area contributed by atoms with Crippen LogP contribution in [-0.4, -0.2) is 76.1 Å². The number of carbonyl (C=O) groups excluding carboxylic acids is 2. The van der Waals surface area contributed by atoms with Crippen LogP contribution in [-0.2, 0) is 16.0 Å². The highest BCUT2D eigenvalue weighted by Gasteiger charge is 2.29. The van der Waals surface area contributed by atoms with Crippen LogP contribution in [0, 0.1) is 5.82 Å². The van der Waals surface area contributed by atoms with Gasteiger partial charge in [0.15, 0.2) is 6.54 Å². The van der Waals surface area contributed by atoms with Crippen molar-refractivity contribution in [2.45, 2.75) is 19.0 Å². The standard InChI is InChI=1S/C22H21Cl2FN4O4.C2HF3O2/c23-16-10-18-21(32)26-11-14(29(18)20(16)24)8-13-2-3-17(25)15(9-13)22(33)28-5-1-4-27(6-7-28)12-19(30)31;3-2(4,5)1(6)7/h2-3,9-11H,1,4-8,12H2,(H,26,32)(H,30,31);(H,6,7). The fraction of sp³-hybridized carbons (Fsp3) is 0.333. The van der Waals surface area contributed by atoms with Gasteiger partial charge in [-0.3, -0.25) is 14.0 Å². The third-order valence-electron chi connectivity index (χ3n) is 6.05. The lowest BCUT2D eigenvalue weighted by molar-refractivity contribution is -0.890. The number of halogens is 6. The second-order valence-electron chi connectivity index (χ2n) is 8.86. The first-order valence-electron chi connectivity index (χ1n) is 11.7. The fourth-order valence-corrected chi connectivity index (χ4v) is 4.63. The van der Waals surface area contributed by atoms with E-state index in [1.807, 2.05) is 0 Å². The van der Waals surface area contributed by atoms with E-state index in [0.29, 0.717) is 49.4 Å². The molecule has 216 valence electrons. The van der Waals surface area contributed by atoms with Crippen molar-refractivity contribution in [2.24, 2.45) is 0 Å². The van der Waals surface area contributed by atoms with Crippen molar-refractivity contribution in [3.8, 4) is 0 Å². The van der Waals surface area contributed by atoms with Crippen LogP contribution in [0.15, 0.2) is 35.3 Å². The van der Waals surface area contributed by atoms with E-state index in [-0.39, 0.29) is 34.3 Å². The lowest BCUT2D eigenvalue weighted by Crippen LogP contribution is -3.13. The summed E-state index contributed by atoms with van der Waals surface area (Å²) in [6.45, 7) is 1.90. The van der Waals surface area contributed by atoms with Gasteiger partial charge in [-0.1, -0.05) is 29.3 Å². The fourth-order valence-electron chi connectivity index (χ4n) is 4.19. The smallest absolute Gasteiger partial charge is 0.430 e. The van der Waals surface area contributed by atoms with Crippen molar-refractivity contribution in [3.05, 3.63) is 73.6 Å². The van der Waals surface area contributed by atoms with E-state index in [4.69, 9.17) is 38.2 Å². The van der Waals surface area contributed by atoms with Gasteiger partial charge in [0.05, 0.1) is 30.2 Å². The van der Waals surface area contributed by atoms with Crippen molar-refractivity contribution in [3.63, 3.8) is 0 Å². The van der Waals surface area contributed by atoms with Crippen LogP contribution < -0.4 is 15.6 Å². The van der Waals surface area contributed by atoms with Gasteiger partial charge in [0, 0.05) is 31.3 Å². The second-order valence-corrected chi connectivity index (χ2v) is 9.62. The minimum atomic E-state index is -5.19. The number of H-pyrrole nitrogens is 1. The average Bonchev–Trinajstić information content (AvgIpc) is 3.02. The number of carboxylic acids is 2. The van der Waals surface area contributed by atoms with Gasteiger partial charge in [-0.15, -0.1) is 0 Å². The molecular formula is C24H22Cl2F4N4O6. The highest BCUT2D eigenvalue weighted by atomic mass is 35.5. The van der Waals surface area contributed by atoms with E-state index >= 15 is 0 Å². The monoisotopic (exact) mass is 608 g/mol. The van der Waals surface area contributed by atoms with Crippen LogP contribution in [0.2, 0.25) is 10.2 Å². The number of carbonyl (C=O) groups is 3. The Balaban J connectivity index is 0.000000559. The zero-order valence-electron chi connectivity index (χ0n) is 20.5. The number of alkyl halides is 3. The molecule has 10 nitrogen and oxygen atoms in total. The summed E-state index contributed by atoms with van der Waals surface area (Å²) in [7, 11) is 0. The van der Waals surface area contributed by atoms with Crippen LogP contribution in [0.3, 0.4) is 0 Å². The molecule has 0 saturated carbocycles. The lowest BCUT2D eigenvalue weighted by Gasteiger charge is -2.20. The summed E-state index contributed by atoms with van der Waals surface area (Å²) in [6.07, 6.45) is -2.77. The SMILES string of the molecule is O=C(O)C[NH+]1CCCN(C(=O)c2cc(Cc3c[nH]c(=O)c4cc(Cl)c(Cl)n34)ccc2F)CC1.O=C([O-])C(F)(F)F. The Morgan fingerprint density at radius 3 is 2.42 bits per heavy atom. The van der Waals surface area contributed by atoms with Gasteiger partial charge in [0.1, 0.15) is 22.5 Å². The molecule has 1 aliphatic heterocycles. The molecule has 3 N–H and O–H groups in total. The molecule has 2 aromatic heterocycles. The number of amides is 1. The molecule has 16 heteroatoms. The number of aromatic nitrogens is 2. The predicted octanol–water partition coefficient (Wildman–Crippen LogP) is 0.778. The van der Waals surface area contributed by atoms with E-state index in [0.717, 1.165) is 4.90 Å². The minimum Gasteiger partial charge on any atom is -0.542 e. The topological polar surface area (TPSA) is 139 Å². The zero-order valence-corrected chi connectivity index (χ0v) is 22.0. The quantitative estimate of drug-likeness (QED) is 0.366. The van der Waals surface area contributed by atoms with E-state index in [1.165, 1.54) is 28.8 Å². The highest BCUT2D eigenvalue weighted by Crippen LogP contribution is 2.27. The Bertz CT molecular complexity index is 1490. The normalized spacial score (nSPS) is 15.8. The number of benzene rings is 1. The van der Waals surface area contributed by atoms with Crippen LogP contribution in [0.5, 0.6) is 0 Å². The maximum Gasteiger partial charge on any atom is 0.430 e. The zero-order chi connectivity index (χ0) is 29.8. The number of quaternary nitrogens is 1. The third-order valence-corrected chi connectivity index (χ3v) is 6.80. The molecular weight excluding hydrogens is 587 g/mol. The molecule has 40 heavy (non-hydrogen) atoms. The van der Waals surface area contributed by atoms with Crippen LogP contribution in [0.25, 0.3) is 5.52 Å². The van der Waals surface area contributed by atoms with Gasteiger partial charge in [0.25, 0.3) is 11.5 Å². The Kier molecular flexibility index (Phi) is 9.82. The first kappa shape index (κ1) is 30.9. The number of aliphatic carboxylic acids is 2. The van der Waals surface area contributed by atoms with Gasteiger partial charge in [-0.25, -0.2) is 9.18 Å². The molecule has 1 saturated heterocycles. The summed E-state index contributed by atoms with van der Waals surface area (Å²) < 4.78 is 47.7.